The number of amides is 1. The number of pyridine rings is 1. The molecule has 1 aromatic heterocycles. The summed E-state index contributed by atoms with van der Waals surface area (Å²) in [6, 6.07) is 10.5. The fourth-order valence-electron chi connectivity index (χ4n) is 2.32. The van der Waals surface area contributed by atoms with E-state index >= 15 is 0 Å². The van der Waals surface area contributed by atoms with Crippen LogP contribution in [0.3, 0.4) is 0 Å². The Bertz CT molecular complexity index is 730. The number of benzene rings is 1. The van der Waals surface area contributed by atoms with Gasteiger partial charge in [-0.2, -0.15) is 0 Å². The van der Waals surface area contributed by atoms with Gasteiger partial charge in [0.05, 0.1) is 12.7 Å². The van der Waals surface area contributed by atoms with Crippen molar-refractivity contribution < 1.29 is 19.1 Å². The third-order valence-electron chi connectivity index (χ3n) is 3.42. The van der Waals surface area contributed by atoms with Crippen LogP contribution in [0.25, 0.3) is 0 Å². The fraction of sp³-hybridized carbons (Fsp3) is 0.188. The van der Waals surface area contributed by atoms with Crippen molar-refractivity contribution in [2.75, 3.05) is 12.4 Å². The van der Waals surface area contributed by atoms with Crippen LogP contribution in [-0.2, 0) is 16.0 Å². The van der Waals surface area contributed by atoms with Crippen LogP contribution >= 0.6 is 0 Å². The highest BCUT2D eigenvalue weighted by atomic mass is 16.5. The number of nitrogens with zero attached hydrogens (tertiary/aromatic N) is 1. The molecule has 1 N–H and O–H groups in total. The average Bonchev–Trinajstić information content (AvgIpc) is 2.55. The molecule has 1 atom stereocenters. The van der Waals surface area contributed by atoms with Crippen LogP contribution in [0.4, 0.5) is 5.82 Å². The zero-order valence-electron chi connectivity index (χ0n) is 11.9. The largest absolute Gasteiger partial charge is 0.493 e. The minimum atomic E-state index is -0.880. The number of anilines is 1. The SMILES string of the molecule is COc1cccnc1NC(=O)[C@H]1Cc2ccccc2C(=O)O1. The summed E-state index contributed by atoms with van der Waals surface area (Å²) in [7, 11) is 1.49. The maximum atomic E-state index is 12.3. The van der Waals surface area contributed by atoms with E-state index in [9.17, 15) is 9.59 Å². The van der Waals surface area contributed by atoms with E-state index in [2.05, 4.69) is 10.3 Å². The van der Waals surface area contributed by atoms with Gasteiger partial charge in [-0.05, 0) is 23.8 Å². The van der Waals surface area contributed by atoms with Crippen molar-refractivity contribution in [1.82, 2.24) is 4.98 Å². The molecule has 0 aliphatic carbocycles. The van der Waals surface area contributed by atoms with Crippen LogP contribution in [0.15, 0.2) is 42.6 Å². The number of hydrogen-bond donors (Lipinski definition) is 1. The van der Waals surface area contributed by atoms with E-state index < -0.39 is 18.0 Å². The second-order valence-electron chi connectivity index (χ2n) is 4.80. The predicted octanol–water partition coefficient (Wildman–Crippen LogP) is 1.81. The summed E-state index contributed by atoms with van der Waals surface area (Å²) in [5.74, 6) is -0.182. The van der Waals surface area contributed by atoms with Gasteiger partial charge in [-0.3, -0.25) is 4.79 Å². The summed E-state index contributed by atoms with van der Waals surface area (Å²) in [6.07, 6.45) is 0.998. The van der Waals surface area contributed by atoms with Crippen LogP contribution in [0.5, 0.6) is 5.75 Å². The van der Waals surface area contributed by atoms with E-state index in [1.165, 1.54) is 7.11 Å². The van der Waals surface area contributed by atoms with Gasteiger partial charge >= 0.3 is 5.97 Å². The Kier molecular flexibility index (Phi) is 3.74. The number of cyclic esters (lactones) is 1. The molecule has 22 heavy (non-hydrogen) atoms. The summed E-state index contributed by atoms with van der Waals surface area (Å²) in [6.45, 7) is 0. The zero-order chi connectivity index (χ0) is 15.5. The van der Waals surface area contributed by atoms with Crippen molar-refractivity contribution in [3.05, 3.63) is 53.7 Å². The molecule has 0 bridgehead atoms. The van der Waals surface area contributed by atoms with E-state index in [-0.39, 0.29) is 0 Å². The lowest BCUT2D eigenvalue weighted by Crippen LogP contribution is -2.38. The van der Waals surface area contributed by atoms with E-state index in [0.29, 0.717) is 23.6 Å². The van der Waals surface area contributed by atoms with Gasteiger partial charge < -0.3 is 14.8 Å². The molecule has 0 radical (unpaired) electrons. The van der Waals surface area contributed by atoms with Gasteiger partial charge in [0, 0.05) is 12.6 Å². The fourth-order valence-corrected chi connectivity index (χ4v) is 2.32. The number of nitrogens with one attached hydrogen (secondary N) is 1. The highest BCUT2D eigenvalue weighted by Gasteiger charge is 2.31. The molecule has 1 aromatic carbocycles. The smallest absolute Gasteiger partial charge is 0.339 e. The Hall–Kier alpha value is -2.89. The number of esters is 1. The van der Waals surface area contributed by atoms with E-state index in [0.717, 1.165) is 5.56 Å². The van der Waals surface area contributed by atoms with Gasteiger partial charge in [0.2, 0.25) is 0 Å². The molecule has 1 amide bonds. The van der Waals surface area contributed by atoms with Crippen LogP contribution < -0.4 is 10.1 Å². The molecule has 1 aliphatic rings. The van der Waals surface area contributed by atoms with Gasteiger partial charge in [-0.15, -0.1) is 0 Å². The molecule has 0 unspecified atom stereocenters. The number of aromatic nitrogens is 1. The molecule has 2 heterocycles. The molecule has 6 nitrogen and oxygen atoms in total. The first-order valence-corrected chi connectivity index (χ1v) is 6.78. The van der Waals surface area contributed by atoms with Gasteiger partial charge in [-0.1, -0.05) is 18.2 Å². The molecule has 0 saturated carbocycles. The molecule has 3 rings (SSSR count). The maximum Gasteiger partial charge on any atom is 0.339 e. The standard InChI is InChI=1S/C16H14N2O4/c1-21-12-7-4-8-17-14(12)18-15(19)13-9-10-5-2-3-6-11(10)16(20)22-13/h2-8,13H,9H2,1H3,(H,17,18,19)/t13-/m1/s1. The summed E-state index contributed by atoms with van der Waals surface area (Å²) < 4.78 is 10.3. The van der Waals surface area contributed by atoms with E-state index in [4.69, 9.17) is 9.47 Å². The molecule has 2 aromatic rings. The van der Waals surface area contributed by atoms with Crippen molar-refractivity contribution in [1.29, 1.82) is 0 Å². The minimum absolute atomic E-state index is 0.296. The Morgan fingerprint density at radius 1 is 1.32 bits per heavy atom. The van der Waals surface area contributed by atoms with E-state index in [1.807, 2.05) is 12.1 Å². The van der Waals surface area contributed by atoms with Crippen LogP contribution in [-0.4, -0.2) is 30.1 Å². The number of ether oxygens (including phenoxy) is 2. The normalized spacial score (nSPS) is 16.4. The van der Waals surface area contributed by atoms with Crippen molar-refractivity contribution >= 4 is 17.7 Å². The molecule has 0 saturated heterocycles. The first-order valence-electron chi connectivity index (χ1n) is 6.78. The van der Waals surface area contributed by atoms with Crippen molar-refractivity contribution in [2.24, 2.45) is 0 Å². The molecular formula is C16H14N2O4. The molecule has 0 fully saturated rings. The first-order chi connectivity index (χ1) is 10.7. The van der Waals surface area contributed by atoms with Crippen molar-refractivity contribution in [2.45, 2.75) is 12.5 Å². The summed E-state index contributed by atoms with van der Waals surface area (Å²) in [5.41, 5.74) is 1.30. The maximum absolute atomic E-state index is 12.3. The van der Waals surface area contributed by atoms with Gasteiger partial charge in [0.15, 0.2) is 17.7 Å². The number of hydrogen-bond acceptors (Lipinski definition) is 5. The topological polar surface area (TPSA) is 77.5 Å². The summed E-state index contributed by atoms with van der Waals surface area (Å²) in [5, 5.41) is 2.63. The van der Waals surface area contributed by atoms with Gasteiger partial charge in [-0.25, -0.2) is 9.78 Å². The second-order valence-corrected chi connectivity index (χ2v) is 4.80. The number of carbonyl (C=O) groups excluding carboxylic acids is 2. The molecule has 1 aliphatic heterocycles. The number of methoxy groups -OCH3 is 1. The van der Waals surface area contributed by atoms with Crippen LogP contribution in [0.2, 0.25) is 0 Å². The minimum Gasteiger partial charge on any atom is -0.493 e. The Labute approximate surface area is 127 Å². The predicted molar refractivity (Wildman–Crippen MR) is 78.8 cm³/mol. The molecule has 6 heteroatoms. The summed E-state index contributed by atoms with van der Waals surface area (Å²) in [4.78, 5) is 28.3. The average molecular weight is 298 g/mol. The Balaban J connectivity index is 1.78. The Morgan fingerprint density at radius 3 is 2.95 bits per heavy atom. The third kappa shape index (κ3) is 2.63. The third-order valence-corrected chi connectivity index (χ3v) is 3.42. The zero-order valence-corrected chi connectivity index (χ0v) is 11.9. The highest BCUT2D eigenvalue weighted by molar-refractivity contribution is 6.00. The van der Waals surface area contributed by atoms with Crippen molar-refractivity contribution in [3.8, 4) is 5.75 Å². The van der Waals surface area contributed by atoms with Gasteiger partial charge in [0.25, 0.3) is 5.91 Å². The lowest BCUT2D eigenvalue weighted by Gasteiger charge is -2.23. The lowest BCUT2D eigenvalue weighted by molar-refractivity contribution is -0.125. The molecular weight excluding hydrogens is 284 g/mol. The monoisotopic (exact) mass is 298 g/mol. The number of carbonyl (C=O) groups is 2. The highest BCUT2D eigenvalue weighted by Crippen LogP contribution is 2.24. The number of rotatable bonds is 3. The second kappa shape index (κ2) is 5.85. The van der Waals surface area contributed by atoms with Crippen LogP contribution in [0.1, 0.15) is 15.9 Å². The molecule has 0 spiro atoms. The van der Waals surface area contributed by atoms with Crippen LogP contribution in [0, 0.1) is 0 Å². The van der Waals surface area contributed by atoms with E-state index in [1.54, 1.807) is 30.5 Å². The first kappa shape index (κ1) is 14.1. The molecule has 112 valence electrons. The number of fused-ring (bicyclic) bond motifs is 1. The van der Waals surface area contributed by atoms with Crippen molar-refractivity contribution in [3.63, 3.8) is 0 Å². The Morgan fingerprint density at radius 2 is 2.14 bits per heavy atom. The van der Waals surface area contributed by atoms with Gasteiger partial charge in [0.1, 0.15) is 0 Å². The lowest BCUT2D eigenvalue weighted by atomic mass is 9.98. The summed E-state index contributed by atoms with van der Waals surface area (Å²) >= 11 is 0. The quantitative estimate of drug-likeness (QED) is 0.874.